The van der Waals surface area contributed by atoms with Crippen molar-refractivity contribution in [2.75, 3.05) is 27.2 Å². The van der Waals surface area contributed by atoms with Crippen LogP contribution in [0, 0.1) is 0 Å². The van der Waals surface area contributed by atoms with Gasteiger partial charge < -0.3 is 20.3 Å². The molecule has 2 aliphatic rings. The van der Waals surface area contributed by atoms with Crippen molar-refractivity contribution < 1.29 is 9.53 Å². The van der Waals surface area contributed by atoms with Crippen LogP contribution >= 0.6 is 24.8 Å². The molecule has 1 amide bonds. The van der Waals surface area contributed by atoms with Crippen LogP contribution in [-0.4, -0.2) is 67.2 Å². The van der Waals surface area contributed by atoms with E-state index in [0.29, 0.717) is 18.6 Å². The lowest BCUT2D eigenvalue weighted by Crippen LogP contribution is -2.50. The highest BCUT2D eigenvalue weighted by Crippen LogP contribution is 2.24. The number of carbonyl (C=O) groups is 1. The molecule has 4 atom stereocenters. The van der Waals surface area contributed by atoms with Crippen LogP contribution in [-0.2, 0) is 9.53 Å². The summed E-state index contributed by atoms with van der Waals surface area (Å²) in [6, 6.07) is 0.884. The minimum Gasteiger partial charge on any atom is -0.364 e. The molecule has 0 aromatic carbocycles. The van der Waals surface area contributed by atoms with E-state index in [1.807, 2.05) is 11.9 Å². The number of piperidine rings is 1. The van der Waals surface area contributed by atoms with Crippen molar-refractivity contribution in [3.05, 3.63) is 0 Å². The SMILES string of the molecule is CC1CC(N(C)C(=O)[C@@H]2CC[C@H](CN)O2)CCN1C.Cl.Cl. The second-order valence-electron chi connectivity index (χ2n) is 6.02. The van der Waals surface area contributed by atoms with E-state index in [1.54, 1.807) is 0 Å². The van der Waals surface area contributed by atoms with Crippen molar-refractivity contribution in [3.8, 4) is 0 Å². The van der Waals surface area contributed by atoms with E-state index < -0.39 is 0 Å². The van der Waals surface area contributed by atoms with E-state index in [9.17, 15) is 4.79 Å². The van der Waals surface area contributed by atoms with E-state index >= 15 is 0 Å². The summed E-state index contributed by atoms with van der Waals surface area (Å²) in [6.07, 6.45) is 3.62. The molecule has 2 N–H and O–H groups in total. The molecule has 2 aliphatic heterocycles. The van der Waals surface area contributed by atoms with E-state index in [-0.39, 0.29) is 42.9 Å². The fourth-order valence-electron chi connectivity index (χ4n) is 3.08. The third-order valence-corrected chi connectivity index (χ3v) is 4.72. The number of amides is 1. The predicted molar refractivity (Wildman–Crippen MR) is 89.3 cm³/mol. The molecule has 21 heavy (non-hydrogen) atoms. The molecule has 2 saturated heterocycles. The van der Waals surface area contributed by atoms with Gasteiger partial charge in [-0.3, -0.25) is 4.79 Å². The number of hydrogen-bond donors (Lipinski definition) is 1. The summed E-state index contributed by atoms with van der Waals surface area (Å²) in [4.78, 5) is 16.7. The molecular weight excluding hydrogens is 313 g/mol. The lowest BCUT2D eigenvalue weighted by Gasteiger charge is -2.40. The fraction of sp³-hybridized carbons (Fsp3) is 0.929. The minimum atomic E-state index is -0.270. The number of ether oxygens (including phenoxy) is 1. The van der Waals surface area contributed by atoms with Crippen LogP contribution in [0.3, 0.4) is 0 Å². The monoisotopic (exact) mass is 341 g/mol. The Kier molecular flexibility index (Phi) is 9.12. The highest BCUT2D eigenvalue weighted by molar-refractivity contribution is 5.85. The number of nitrogens with zero attached hydrogens (tertiary/aromatic N) is 2. The lowest BCUT2D eigenvalue weighted by molar-refractivity contribution is -0.144. The van der Waals surface area contributed by atoms with Gasteiger partial charge in [0.2, 0.25) is 0 Å². The maximum Gasteiger partial charge on any atom is 0.251 e. The normalized spacial score (nSPS) is 33.0. The molecule has 0 spiro atoms. The average Bonchev–Trinajstić information content (AvgIpc) is 2.89. The Labute approximate surface area is 140 Å². The van der Waals surface area contributed by atoms with E-state index in [4.69, 9.17) is 10.5 Å². The number of likely N-dealkylation sites (N-methyl/N-ethyl adjacent to an activating group) is 1. The second kappa shape index (κ2) is 9.16. The number of likely N-dealkylation sites (tertiary alicyclic amines) is 1. The number of hydrogen-bond acceptors (Lipinski definition) is 4. The van der Waals surface area contributed by atoms with E-state index in [1.165, 1.54) is 0 Å². The summed E-state index contributed by atoms with van der Waals surface area (Å²) in [5, 5.41) is 0. The van der Waals surface area contributed by atoms with Gasteiger partial charge in [-0.05, 0) is 39.7 Å². The first-order valence-corrected chi connectivity index (χ1v) is 7.35. The molecule has 0 aromatic rings. The van der Waals surface area contributed by atoms with Crippen LogP contribution in [0.5, 0.6) is 0 Å². The Bertz CT molecular complexity index is 333. The molecule has 0 saturated carbocycles. The van der Waals surface area contributed by atoms with Crippen molar-refractivity contribution in [2.24, 2.45) is 5.73 Å². The highest BCUT2D eigenvalue weighted by Gasteiger charge is 2.35. The lowest BCUT2D eigenvalue weighted by atomic mass is 9.97. The number of rotatable bonds is 3. The van der Waals surface area contributed by atoms with Crippen LogP contribution in [0.15, 0.2) is 0 Å². The van der Waals surface area contributed by atoms with Crippen LogP contribution < -0.4 is 5.73 Å². The topological polar surface area (TPSA) is 58.8 Å². The molecule has 2 heterocycles. The van der Waals surface area contributed by atoms with Gasteiger partial charge >= 0.3 is 0 Å². The predicted octanol–water partition coefficient (Wildman–Crippen LogP) is 1.28. The molecule has 0 bridgehead atoms. The molecule has 126 valence electrons. The van der Waals surface area contributed by atoms with Gasteiger partial charge in [-0.2, -0.15) is 0 Å². The molecular formula is C14H29Cl2N3O2. The van der Waals surface area contributed by atoms with Crippen molar-refractivity contribution in [3.63, 3.8) is 0 Å². The van der Waals surface area contributed by atoms with Crippen molar-refractivity contribution in [2.45, 2.75) is 56.9 Å². The van der Waals surface area contributed by atoms with Crippen molar-refractivity contribution in [1.82, 2.24) is 9.80 Å². The minimum absolute atomic E-state index is 0. The standard InChI is InChI=1S/C14H27N3O2.2ClH/c1-10-8-11(6-7-16(10)2)17(3)14(18)13-5-4-12(9-15)19-13;;/h10-13H,4-9,15H2,1-3H3;2*1H/t10?,11?,12-,13+;;/m1../s1. The smallest absolute Gasteiger partial charge is 0.251 e. The molecule has 0 aromatic heterocycles. The summed E-state index contributed by atoms with van der Waals surface area (Å²) < 4.78 is 5.71. The molecule has 0 aliphatic carbocycles. The molecule has 7 heteroatoms. The van der Waals surface area contributed by atoms with Gasteiger partial charge in [-0.25, -0.2) is 0 Å². The van der Waals surface area contributed by atoms with Gasteiger partial charge in [0.05, 0.1) is 6.10 Å². The van der Waals surface area contributed by atoms with Crippen molar-refractivity contribution >= 4 is 30.7 Å². The Morgan fingerprint density at radius 2 is 2.00 bits per heavy atom. The number of halogens is 2. The van der Waals surface area contributed by atoms with Gasteiger partial charge in [0, 0.05) is 32.2 Å². The van der Waals surface area contributed by atoms with Crippen LogP contribution in [0.25, 0.3) is 0 Å². The van der Waals surface area contributed by atoms with Gasteiger partial charge in [-0.1, -0.05) is 0 Å². The quantitative estimate of drug-likeness (QED) is 0.839. The number of carbonyl (C=O) groups excluding carboxylic acids is 1. The molecule has 5 nitrogen and oxygen atoms in total. The Morgan fingerprint density at radius 3 is 2.52 bits per heavy atom. The molecule has 2 unspecified atom stereocenters. The zero-order valence-electron chi connectivity index (χ0n) is 13.2. The van der Waals surface area contributed by atoms with E-state index in [2.05, 4.69) is 18.9 Å². The van der Waals surface area contributed by atoms with Crippen LogP contribution in [0.4, 0.5) is 0 Å². The highest BCUT2D eigenvalue weighted by atomic mass is 35.5. The zero-order chi connectivity index (χ0) is 14.0. The Morgan fingerprint density at radius 1 is 1.33 bits per heavy atom. The Hall–Kier alpha value is -0.0700. The van der Waals surface area contributed by atoms with E-state index in [0.717, 1.165) is 32.2 Å². The average molecular weight is 342 g/mol. The van der Waals surface area contributed by atoms with Crippen molar-refractivity contribution in [1.29, 1.82) is 0 Å². The third-order valence-electron chi connectivity index (χ3n) is 4.72. The van der Waals surface area contributed by atoms with Gasteiger partial charge in [0.25, 0.3) is 5.91 Å². The maximum atomic E-state index is 12.4. The summed E-state index contributed by atoms with van der Waals surface area (Å²) in [5.74, 6) is 0.137. The first-order valence-electron chi connectivity index (χ1n) is 7.35. The van der Waals surface area contributed by atoms with Gasteiger partial charge in [0.1, 0.15) is 6.10 Å². The van der Waals surface area contributed by atoms with Gasteiger partial charge in [-0.15, -0.1) is 24.8 Å². The van der Waals surface area contributed by atoms with Crippen LogP contribution in [0.1, 0.15) is 32.6 Å². The molecule has 2 rings (SSSR count). The second-order valence-corrected chi connectivity index (χ2v) is 6.02. The number of nitrogens with two attached hydrogens (primary N) is 1. The van der Waals surface area contributed by atoms with Gasteiger partial charge in [0.15, 0.2) is 0 Å². The molecule has 2 fully saturated rings. The fourth-order valence-corrected chi connectivity index (χ4v) is 3.08. The first-order chi connectivity index (χ1) is 9.02. The largest absolute Gasteiger partial charge is 0.364 e. The third kappa shape index (κ3) is 4.96. The molecule has 0 radical (unpaired) electrons. The first kappa shape index (κ1) is 20.9. The summed E-state index contributed by atoms with van der Waals surface area (Å²) in [6.45, 7) is 3.79. The maximum absolute atomic E-state index is 12.4. The zero-order valence-corrected chi connectivity index (χ0v) is 14.8. The Balaban J connectivity index is 0.00000200. The summed E-state index contributed by atoms with van der Waals surface area (Å²) in [7, 11) is 4.07. The van der Waals surface area contributed by atoms with Crippen LogP contribution in [0.2, 0.25) is 0 Å². The summed E-state index contributed by atoms with van der Waals surface area (Å²) >= 11 is 0. The summed E-state index contributed by atoms with van der Waals surface area (Å²) in [5.41, 5.74) is 5.59.